The molecule has 1 unspecified atom stereocenters. The number of aliphatic hydroxyl groups is 1. The number of hydrogen-bond donors (Lipinski definition) is 1. The van der Waals surface area contributed by atoms with Crippen LogP contribution in [0.3, 0.4) is 0 Å². The Bertz CT molecular complexity index is 55.0. The maximum atomic E-state index is 8.94. The summed E-state index contributed by atoms with van der Waals surface area (Å²) in [4.78, 5) is 1.97. The van der Waals surface area contributed by atoms with Gasteiger partial charge in [0.05, 0.1) is 0 Å². The second-order valence-corrected chi connectivity index (χ2v) is 1.85. The van der Waals surface area contributed by atoms with Crippen molar-refractivity contribution in [1.82, 2.24) is 4.90 Å². The molecule has 1 radical (unpaired) electrons. The standard InChI is InChI=1S/C6H15NO.Na/c1-4-7(5-2)6(3)8;/h6,8H,4-5H2,1-3H3;. The van der Waals surface area contributed by atoms with Gasteiger partial charge in [0, 0.05) is 29.6 Å². The minimum atomic E-state index is -0.287. The van der Waals surface area contributed by atoms with Gasteiger partial charge in [-0.1, -0.05) is 13.8 Å². The average Bonchev–Trinajstić information content (AvgIpc) is 1.69. The molecule has 0 aliphatic heterocycles. The Kier molecular flexibility index (Phi) is 9.83. The molecule has 0 amide bonds. The molecule has 0 spiro atoms. The van der Waals surface area contributed by atoms with Crippen LogP contribution in [0.25, 0.3) is 0 Å². The zero-order chi connectivity index (χ0) is 6.57. The third-order valence-electron chi connectivity index (χ3n) is 1.34. The van der Waals surface area contributed by atoms with E-state index in [1.807, 2.05) is 18.7 Å². The zero-order valence-electron chi connectivity index (χ0n) is 6.89. The van der Waals surface area contributed by atoms with Gasteiger partial charge >= 0.3 is 0 Å². The van der Waals surface area contributed by atoms with Crippen molar-refractivity contribution >= 4 is 29.6 Å². The van der Waals surface area contributed by atoms with Crippen LogP contribution in [0.1, 0.15) is 20.8 Å². The smallest absolute Gasteiger partial charge is 0.104 e. The molecule has 2 nitrogen and oxygen atoms in total. The van der Waals surface area contributed by atoms with E-state index in [9.17, 15) is 0 Å². The largest absolute Gasteiger partial charge is 0.379 e. The summed E-state index contributed by atoms with van der Waals surface area (Å²) in [6.07, 6.45) is -0.287. The molecule has 0 bridgehead atoms. The first-order valence-electron chi connectivity index (χ1n) is 3.14. The van der Waals surface area contributed by atoms with Crippen molar-refractivity contribution in [1.29, 1.82) is 0 Å². The summed E-state index contributed by atoms with van der Waals surface area (Å²) in [6.45, 7) is 7.71. The molecule has 0 aliphatic rings. The molecule has 0 aromatic carbocycles. The van der Waals surface area contributed by atoms with Crippen molar-refractivity contribution in [3.8, 4) is 0 Å². The van der Waals surface area contributed by atoms with E-state index in [1.54, 1.807) is 6.92 Å². The van der Waals surface area contributed by atoms with Gasteiger partial charge < -0.3 is 5.11 Å². The molecule has 1 N–H and O–H groups in total. The average molecular weight is 140 g/mol. The number of rotatable bonds is 3. The van der Waals surface area contributed by atoms with Gasteiger partial charge in [-0.2, -0.15) is 0 Å². The van der Waals surface area contributed by atoms with E-state index in [-0.39, 0.29) is 35.8 Å². The molecule has 0 heterocycles. The Morgan fingerprint density at radius 3 is 1.67 bits per heavy atom. The van der Waals surface area contributed by atoms with Crippen LogP contribution in [0.4, 0.5) is 0 Å². The fraction of sp³-hybridized carbons (Fsp3) is 1.00. The van der Waals surface area contributed by atoms with Crippen LogP contribution < -0.4 is 0 Å². The van der Waals surface area contributed by atoms with E-state index in [0.717, 1.165) is 13.1 Å². The van der Waals surface area contributed by atoms with Gasteiger partial charge in [-0.15, -0.1) is 0 Å². The number of hydrogen-bond acceptors (Lipinski definition) is 2. The van der Waals surface area contributed by atoms with Crippen LogP contribution in [-0.2, 0) is 0 Å². The van der Waals surface area contributed by atoms with Crippen LogP contribution in [0.15, 0.2) is 0 Å². The molecule has 3 heteroatoms. The third-order valence-corrected chi connectivity index (χ3v) is 1.34. The topological polar surface area (TPSA) is 23.5 Å². The van der Waals surface area contributed by atoms with E-state index in [4.69, 9.17) is 5.11 Å². The quantitative estimate of drug-likeness (QED) is 0.450. The maximum Gasteiger partial charge on any atom is 0.104 e. The van der Waals surface area contributed by atoms with Crippen LogP contribution in [-0.4, -0.2) is 58.9 Å². The first-order valence-corrected chi connectivity index (χ1v) is 3.14. The van der Waals surface area contributed by atoms with Crippen LogP contribution in [0.5, 0.6) is 0 Å². The first kappa shape index (κ1) is 12.6. The van der Waals surface area contributed by atoms with Gasteiger partial charge in [-0.25, -0.2) is 0 Å². The Hall–Kier alpha value is 0.920. The van der Waals surface area contributed by atoms with Gasteiger partial charge in [-0.3, -0.25) is 4.90 Å². The molecular formula is C6H15NNaO. The van der Waals surface area contributed by atoms with Gasteiger partial charge in [0.1, 0.15) is 6.23 Å². The Balaban J connectivity index is 0. The van der Waals surface area contributed by atoms with Gasteiger partial charge in [0.25, 0.3) is 0 Å². The molecule has 51 valence electrons. The summed E-state index contributed by atoms with van der Waals surface area (Å²) in [5, 5.41) is 8.94. The van der Waals surface area contributed by atoms with Crippen molar-refractivity contribution in [3.05, 3.63) is 0 Å². The minimum Gasteiger partial charge on any atom is -0.379 e. The first-order chi connectivity index (χ1) is 3.72. The normalized spacial score (nSPS) is 13.0. The summed E-state index contributed by atoms with van der Waals surface area (Å²) in [6, 6.07) is 0. The fourth-order valence-corrected chi connectivity index (χ4v) is 0.752. The van der Waals surface area contributed by atoms with Crippen molar-refractivity contribution < 1.29 is 5.11 Å². The maximum absolute atomic E-state index is 8.94. The summed E-state index contributed by atoms with van der Waals surface area (Å²) < 4.78 is 0. The molecule has 0 saturated carbocycles. The summed E-state index contributed by atoms with van der Waals surface area (Å²) in [5.41, 5.74) is 0. The van der Waals surface area contributed by atoms with Crippen molar-refractivity contribution in [2.24, 2.45) is 0 Å². The van der Waals surface area contributed by atoms with Crippen molar-refractivity contribution in [2.75, 3.05) is 13.1 Å². The molecule has 0 rings (SSSR count). The van der Waals surface area contributed by atoms with Crippen LogP contribution in [0, 0.1) is 0 Å². The van der Waals surface area contributed by atoms with Crippen LogP contribution >= 0.6 is 0 Å². The van der Waals surface area contributed by atoms with Gasteiger partial charge in [0.15, 0.2) is 0 Å². The fourth-order valence-electron chi connectivity index (χ4n) is 0.752. The van der Waals surface area contributed by atoms with Gasteiger partial charge in [-0.05, 0) is 20.0 Å². The Labute approximate surface area is 79.5 Å². The van der Waals surface area contributed by atoms with E-state index in [1.165, 1.54) is 0 Å². The summed E-state index contributed by atoms with van der Waals surface area (Å²) in [5.74, 6) is 0. The number of nitrogens with zero attached hydrogens (tertiary/aromatic N) is 1. The van der Waals surface area contributed by atoms with E-state index in [0.29, 0.717) is 0 Å². The molecular weight excluding hydrogens is 125 g/mol. The second kappa shape index (κ2) is 7.03. The predicted octanol–water partition coefficient (Wildman–Crippen LogP) is 0.286. The Morgan fingerprint density at radius 2 is 1.67 bits per heavy atom. The Morgan fingerprint density at radius 1 is 1.33 bits per heavy atom. The molecule has 0 fully saturated rings. The minimum absolute atomic E-state index is 0. The predicted molar refractivity (Wildman–Crippen MR) is 40.4 cm³/mol. The molecule has 0 aromatic heterocycles. The molecule has 1 atom stereocenters. The SMILES string of the molecule is CCN(CC)C(C)O.[Na]. The number of aliphatic hydroxyl groups excluding tert-OH is 1. The zero-order valence-corrected chi connectivity index (χ0v) is 8.89. The second-order valence-electron chi connectivity index (χ2n) is 1.85. The van der Waals surface area contributed by atoms with Crippen LogP contribution in [0.2, 0.25) is 0 Å². The monoisotopic (exact) mass is 140 g/mol. The molecule has 0 aliphatic carbocycles. The molecule has 9 heavy (non-hydrogen) atoms. The third kappa shape index (κ3) is 5.37. The molecule has 0 saturated heterocycles. The van der Waals surface area contributed by atoms with E-state index in [2.05, 4.69) is 0 Å². The van der Waals surface area contributed by atoms with E-state index >= 15 is 0 Å². The van der Waals surface area contributed by atoms with Gasteiger partial charge in [0.2, 0.25) is 0 Å². The van der Waals surface area contributed by atoms with Crippen molar-refractivity contribution in [2.45, 2.75) is 27.0 Å². The summed E-state index contributed by atoms with van der Waals surface area (Å²) in [7, 11) is 0. The summed E-state index contributed by atoms with van der Waals surface area (Å²) >= 11 is 0. The van der Waals surface area contributed by atoms with Crippen molar-refractivity contribution in [3.63, 3.8) is 0 Å². The van der Waals surface area contributed by atoms with E-state index < -0.39 is 0 Å². The molecule has 0 aromatic rings.